The molecule has 0 bridgehead atoms. The van der Waals surface area contributed by atoms with Crippen LogP contribution in [0, 0.1) is 6.92 Å². The van der Waals surface area contributed by atoms with Crippen molar-refractivity contribution in [2.45, 2.75) is 23.8 Å². The van der Waals surface area contributed by atoms with Gasteiger partial charge >= 0.3 is 0 Å². The molecule has 0 fully saturated rings. The second-order valence-electron chi connectivity index (χ2n) is 2.46. The maximum Gasteiger partial charge on any atom is 0.284 e. The minimum absolute atomic E-state index is 0.185. The first-order chi connectivity index (χ1) is 5.69. The molecule has 0 aromatic carbocycles. The van der Waals surface area contributed by atoms with Gasteiger partial charge in [0.2, 0.25) is 4.58 Å². The molecule has 0 unspecified atom stereocenters. The lowest BCUT2D eigenvalue weighted by atomic mass is 10.3. The molecule has 0 heterocycles. The quantitative estimate of drug-likeness (QED) is 0.649. The molecule has 0 rings (SSSR count). The van der Waals surface area contributed by atoms with E-state index in [-0.39, 0.29) is 12.8 Å². The van der Waals surface area contributed by atoms with Gasteiger partial charge in [-0.3, -0.25) is 9.11 Å². The Kier molecular flexibility index (Phi) is 4.30. The minimum atomic E-state index is -4.76. The second-order valence-corrected chi connectivity index (χ2v) is 5.95. The van der Waals surface area contributed by atoms with Crippen LogP contribution in [0.25, 0.3) is 0 Å². The van der Waals surface area contributed by atoms with Gasteiger partial charge in [0.1, 0.15) is 0 Å². The van der Waals surface area contributed by atoms with E-state index in [0.717, 1.165) is 0 Å². The van der Waals surface area contributed by atoms with Crippen LogP contribution in [0.1, 0.15) is 19.3 Å². The van der Waals surface area contributed by atoms with Crippen molar-refractivity contribution in [3.05, 3.63) is 6.92 Å². The number of hydrogen-bond donors (Lipinski definition) is 2. The number of rotatable bonds is 5. The Hall–Kier alpha value is -0.180. The zero-order valence-corrected chi connectivity index (χ0v) is 8.38. The minimum Gasteiger partial charge on any atom is -0.284 e. The summed E-state index contributed by atoms with van der Waals surface area (Å²) in [4.78, 5) is 0. The lowest BCUT2D eigenvalue weighted by Crippen LogP contribution is -2.29. The van der Waals surface area contributed by atoms with E-state index in [9.17, 15) is 16.8 Å². The van der Waals surface area contributed by atoms with Crippen molar-refractivity contribution in [3.63, 3.8) is 0 Å². The lowest BCUT2D eigenvalue weighted by molar-refractivity contribution is 0.449. The summed E-state index contributed by atoms with van der Waals surface area (Å²) in [5.41, 5.74) is 0. The van der Waals surface area contributed by atoms with Gasteiger partial charge in [0, 0.05) is 0 Å². The molecule has 2 N–H and O–H groups in total. The summed E-state index contributed by atoms with van der Waals surface area (Å²) in [5, 5.41) is 0. The highest BCUT2D eigenvalue weighted by Crippen LogP contribution is 2.14. The predicted molar refractivity (Wildman–Crippen MR) is 46.1 cm³/mol. The second kappa shape index (κ2) is 4.36. The van der Waals surface area contributed by atoms with Crippen LogP contribution in [-0.4, -0.2) is 30.5 Å². The van der Waals surface area contributed by atoms with Crippen molar-refractivity contribution in [1.29, 1.82) is 0 Å². The molecule has 0 atom stereocenters. The highest BCUT2D eigenvalue weighted by Gasteiger charge is 2.34. The standard InChI is InChI=1S/C5H11O6S2/c1-2-3-4-5(12(6,7)8)13(9,10)11/h5H,1-4H2,(H,6,7,8)(H,9,10,11). The van der Waals surface area contributed by atoms with Gasteiger partial charge in [-0.2, -0.15) is 16.8 Å². The third kappa shape index (κ3) is 4.55. The summed E-state index contributed by atoms with van der Waals surface area (Å²) < 4.78 is 56.7. The van der Waals surface area contributed by atoms with E-state index >= 15 is 0 Å². The zero-order valence-electron chi connectivity index (χ0n) is 6.75. The van der Waals surface area contributed by atoms with Gasteiger partial charge in [0.05, 0.1) is 0 Å². The Bertz CT molecular complexity index is 307. The van der Waals surface area contributed by atoms with E-state index < -0.39 is 24.8 Å². The van der Waals surface area contributed by atoms with Crippen molar-refractivity contribution in [1.82, 2.24) is 0 Å². The fourth-order valence-electron chi connectivity index (χ4n) is 0.763. The number of hydrogen-bond acceptors (Lipinski definition) is 4. The molecule has 0 aliphatic rings. The van der Waals surface area contributed by atoms with Crippen LogP contribution < -0.4 is 0 Å². The van der Waals surface area contributed by atoms with Gasteiger partial charge < -0.3 is 0 Å². The van der Waals surface area contributed by atoms with Crippen molar-refractivity contribution in [2.24, 2.45) is 0 Å². The predicted octanol–water partition coefficient (Wildman–Crippen LogP) is 0.0925. The molecule has 0 aromatic rings. The third-order valence-corrected chi connectivity index (χ3v) is 4.61. The highest BCUT2D eigenvalue weighted by molar-refractivity contribution is 8.03. The molecule has 0 spiro atoms. The maximum atomic E-state index is 10.5. The molecule has 1 radical (unpaired) electrons. The van der Waals surface area contributed by atoms with Gasteiger partial charge in [-0.05, 0) is 6.42 Å². The van der Waals surface area contributed by atoms with Crippen molar-refractivity contribution < 1.29 is 25.9 Å². The van der Waals surface area contributed by atoms with Gasteiger partial charge in [0.25, 0.3) is 20.2 Å². The van der Waals surface area contributed by atoms with Crippen molar-refractivity contribution in [2.75, 3.05) is 0 Å². The first-order valence-electron chi connectivity index (χ1n) is 3.41. The first-order valence-corrected chi connectivity index (χ1v) is 6.42. The molecule has 0 amide bonds. The SMILES string of the molecule is [CH2]CCCC(S(=O)(=O)O)S(=O)(=O)O. The van der Waals surface area contributed by atoms with Gasteiger partial charge in [-0.15, -0.1) is 0 Å². The van der Waals surface area contributed by atoms with E-state index in [1.807, 2.05) is 0 Å². The molecule has 0 saturated heterocycles. The molecule has 79 valence electrons. The molecular weight excluding hydrogens is 220 g/mol. The summed E-state index contributed by atoms with van der Waals surface area (Å²) >= 11 is 0. The van der Waals surface area contributed by atoms with Crippen molar-refractivity contribution >= 4 is 20.2 Å². The van der Waals surface area contributed by atoms with Gasteiger partial charge in [-0.25, -0.2) is 0 Å². The monoisotopic (exact) mass is 231 g/mol. The Balaban J connectivity index is 4.81. The van der Waals surface area contributed by atoms with Gasteiger partial charge in [0.15, 0.2) is 0 Å². The molecule has 6 nitrogen and oxygen atoms in total. The summed E-state index contributed by atoms with van der Waals surface area (Å²) in [5.74, 6) is 0. The van der Waals surface area contributed by atoms with Crippen molar-refractivity contribution in [3.8, 4) is 0 Å². The van der Waals surface area contributed by atoms with E-state index in [1.165, 1.54) is 0 Å². The van der Waals surface area contributed by atoms with E-state index in [4.69, 9.17) is 9.11 Å². The summed E-state index contributed by atoms with van der Waals surface area (Å²) in [6, 6.07) is 0. The van der Waals surface area contributed by atoms with E-state index in [0.29, 0.717) is 6.42 Å². The fourth-order valence-corrected chi connectivity index (χ4v) is 2.92. The summed E-state index contributed by atoms with van der Waals surface area (Å²) in [7, 11) is -9.52. The Morgan fingerprint density at radius 2 is 1.46 bits per heavy atom. The Labute approximate surface area is 77.5 Å². The van der Waals surface area contributed by atoms with Gasteiger partial charge in [-0.1, -0.05) is 19.8 Å². The summed E-state index contributed by atoms with van der Waals surface area (Å²) in [6.07, 6.45) is 0.146. The van der Waals surface area contributed by atoms with Crippen LogP contribution in [0.5, 0.6) is 0 Å². The van der Waals surface area contributed by atoms with E-state index in [2.05, 4.69) is 6.92 Å². The fraction of sp³-hybridized carbons (Fsp3) is 0.800. The van der Waals surface area contributed by atoms with Crippen LogP contribution in [0.4, 0.5) is 0 Å². The highest BCUT2D eigenvalue weighted by atomic mass is 32.3. The first kappa shape index (κ1) is 12.8. The van der Waals surface area contributed by atoms with Crippen LogP contribution in [0.15, 0.2) is 0 Å². The molecule has 0 aliphatic carbocycles. The average Bonchev–Trinajstić information content (AvgIpc) is 1.81. The van der Waals surface area contributed by atoms with Crippen LogP contribution in [0.3, 0.4) is 0 Å². The Morgan fingerprint density at radius 3 is 1.69 bits per heavy atom. The largest absolute Gasteiger partial charge is 0.284 e. The average molecular weight is 231 g/mol. The molecular formula is C5H11O6S2. The lowest BCUT2D eigenvalue weighted by Gasteiger charge is -2.08. The zero-order chi connectivity index (χ0) is 10.7. The van der Waals surface area contributed by atoms with Crippen LogP contribution >= 0.6 is 0 Å². The third-order valence-electron chi connectivity index (χ3n) is 1.35. The number of unbranched alkanes of at least 4 members (excludes halogenated alkanes) is 1. The van der Waals surface area contributed by atoms with Crippen LogP contribution in [-0.2, 0) is 20.2 Å². The maximum absolute atomic E-state index is 10.5. The molecule has 8 heteroatoms. The molecule has 0 saturated carbocycles. The molecule has 13 heavy (non-hydrogen) atoms. The smallest absolute Gasteiger partial charge is 0.284 e. The van der Waals surface area contributed by atoms with Crippen LogP contribution in [0.2, 0.25) is 0 Å². The molecule has 0 aromatic heterocycles. The summed E-state index contributed by atoms with van der Waals surface area (Å²) in [6.45, 7) is 3.37. The normalized spacial score (nSPS) is 13.5. The Morgan fingerprint density at radius 1 is 1.08 bits per heavy atom. The van der Waals surface area contributed by atoms with E-state index in [1.54, 1.807) is 0 Å². The topological polar surface area (TPSA) is 109 Å². The molecule has 0 aliphatic heterocycles.